The maximum atomic E-state index is 9.41. The van der Waals surface area contributed by atoms with Crippen LogP contribution in [0.4, 0.5) is 0 Å². The first kappa shape index (κ1) is 9.48. The minimum absolute atomic E-state index is 0.220. The molecular formula is C10H13OSi. The maximum absolute atomic E-state index is 9.41. The van der Waals surface area contributed by atoms with Gasteiger partial charge in [0.05, 0.1) is 16.3 Å². The monoisotopic (exact) mass is 177 g/mol. The highest BCUT2D eigenvalue weighted by Crippen LogP contribution is 2.02. The second-order valence-electron chi connectivity index (χ2n) is 2.92. The Bertz CT molecular complexity index is 247. The largest absolute Gasteiger partial charge is 0.393 e. The normalized spacial score (nSPS) is 12.9. The molecule has 3 radical (unpaired) electrons. The van der Waals surface area contributed by atoms with E-state index in [0.717, 1.165) is 18.0 Å². The van der Waals surface area contributed by atoms with Gasteiger partial charge in [-0.2, -0.15) is 0 Å². The van der Waals surface area contributed by atoms with Crippen LogP contribution >= 0.6 is 0 Å². The average molecular weight is 177 g/mol. The summed E-state index contributed by atoms with van der Waals surface area (Å²) in [5.41, 5.74) is 1.17. The summed E-state index contributed by atoms with van der Waals surface area (Å²) < 4.78 is 0. The van der Waals surface area contributed by atoms with Gasteiger partial charge in [-0.15, -0.1) is 0 Å². The topological polar surface area (TPSA) is 20.2 Å². The number of aliphatic hydroxyl groups excluding tert-OH is 1. The van der Waals surface area contributed by atoms with Crippen molar-refractivity contribution in [3.63, 3.8) is 0 Å². The van der Waals surface area contributed by atoms with Crippen LogP contribution in [0.15, 0.2) is 24.3 Å². The maximum Gasteiger partial charge on any atom is 0.0715 e. The van der Waals surface area contributed by atoms with Crippen molar-refractivity contribution < 1.29 is 5.11 Å². The highest BCUT2D eigenvalue weighted by molar-refractivity contribution is 6.33. The summed E-state index contributed by atoms with van der Waals surface area (Å²) in [6.07, 6.45) is 1.32. The van der Waals surface area contributed by atoms with Crippen LogP contribution in [0.2, 0.25) is 0 Å². The van der Waals surface area contributed by atoms with Crippen LogP contribution in [0.5, 0.6) is 0 Å². The Morgan fingerprint density at radius 1 is 1.42 bits per heavy atom. The molecule has 0 spiro atoms. The number of hydrogen-bond acceptors (Lipinski definition) is 1. The zero-order valence-corrected chi connectivity index (χ0v) is 8.25. The number of benzene rings is 1. The zero-order chi connectivity index (χ0) is 8.97. The molecule has 1 unspecified atom stereocenters. The Morgan fingerprint density at radius 3 is 2.67 bits per heavy atom. The Hall–Kier alpha value is -0.603. The molecule has 1 nitrogen and oxygen atoms in total. The van der Waals surface area contributed by atoms with Crippen LogP contribution in [0.1, 0.15) is 18.9 Å². The van der Waals surface area contributed by atoms with Crippen molar-refractivity contribution >= 4 is 15.4 Å². The molecule has 0 bridgehead atoms. The molecule has 0 aliphatic heterocycles. The van der Waals surface area contributed by atoms with Crippen LogP contribution in [0, 0.1) is 0 Å². The van der Waals surface area contributed by atoms with E-state index in [0.29, 0.717) is 0 Å². The van der Waals surface area contributed by atoms with Crippen molar-refractivity contribution in [2.24, 2.45) is 0 Å². The lowest BCUT2D eigenvalue weighted by Gasteiger charge is -2.09. The molecule has 1 rings (SSSR count). The highest BCUT2D eigenvalue weighted by atomic mass is 28.1. The lowest BCUT2D eigenvalue weighted by molar-refractivity contribution is 0.171. The van der Waals surface area contributed by atoms with Crippen LogP contribution in [-0.4, -0.2) is 21.5 Å². The fourth-order valence-electron chi connectivity index (χ4n) is 1.10. The summed E-state index contributed by atoms with van der Waals surface area (Å²) in [6.45, 7) is 1.99. The third-order valence-electron chi connectivity index (χ3n) is 1.94. The van der Waals surface area contributed by atoms with Gasteiger partial charge in [-0.05, 0) is 18.4 Å². The lowest BCUT2D eigenvalue weighted by Crippen LogP contribution is -2.16. The Morgan fingerprint density at radius 2 is 2.08 bits per heavy atom. The first-order valence-electron chi connectivity index (χ1n) is 4.21. The van der Waals surface area contributed by atoms with Gasteiger partial charge in [0.2, 0.25) is 0 Å². The van der Waals surface area contributed by atoms with E-state index >= 15 is 0 Å². The molecule has 1 aromatic rings. The van der Waals surface area contributed by atoms with Gasteiger partial charge >= 0.3 is 0 Å². The van der Waals surface area contributed by atoms with Crippen molar-refractivity contribution in [3.05, 3.63) is 29.8 Å². The molecule has 0 aliphatic rings. The van der Waals surface area contributed by atoms with Gasteiger partial charge in [-0.25, -0.2) is 0 Å². The van der Waals surface area contributed by atoms with Crippen LogP contribution in [0.25, 0.3) is 0 Å². The first-order valence-corrected chi connectivity index (χ1v) is 4.71. The summed E-state index contributed by atoms with van der Waals surface area (Å²) >= 11 is 0. The van der Waals surface area contributed by atoms with E-state index < -0.39 is 0 Å². The van der Waals surface area contributed by atoms with Crippen molar-refractivity contribution in [2.45, 2.75) is 25.9 Å². The standard InChI is InChI=1S/C10H13OSi/c1-2-9(11)7-8-5-3-4-6-10(8)12/h3-6,9,11H,2,7H2,1H3. The van der Waals surface area contributed by atoms with Gasteiger partial charge in [-0.1, -0.05) is 36.4 Å². The molecule has 63 valence electrons. The molecule has 0 saturated heterocycles. The smallest absolute Gasteiger partial charge is 0.0715 e. The minimum atomic E-state index is -0.220. The van der Waals surface area contributed by atoms with Gasteiger partial charge in [0.15, 0.2) is 0 Å². The predicted octanol–water partition coefficient (Wildman–Crippen LogP) is 0.794. The van der Waals surface area contributed by atoms with E-state index in [9.17, 15) is 5.11 Å². The number of aliphatic hydroxyl groups is 1. The Labute approximate surface area is 76.9 Å². The fraction of sp³-hybridized carbons (Fsp3) is 0.400. The Kier molecular flexibility index (Phi) is 3.50. The van der Waals surface area contributed by atoms with Crippen molar-refractivity contribution in [3.8, 4) is 0 Å². The van der Waals surface area contributed by atoms with Gasteiger partial charge in [0.25, 0.3) is 0 Å². The first-order chi connectivity index (χ1) is 5.74. The van der Waals surface area contributed by atoms with Gasteiger partial charge < -0.3 is 5.11 Å². The predicted molar refractivity (Wildman–Crippen MR) is 51.8 cm³/mol. The van der Waals surface area contributed by atoms with E-state index in [2.05, 4.69) is 10.2 Å². The summed E-state index contributed by atoms with van der Waals surface area (Å²) in [7, 11) is 3.49. The van der Waals surface area contributed by atoms with E-state index in [1.807, 2.05) is 31.2 Å². The highest BCUT2D eigenvalue weighted by Gasteiger charge is 2.03. The van der Waals surface area contributed by atoms with Gasteiger partial charge in [0.1, 0.15) is 0 Å². The molecule has 1 N–H and O–H groups in total. The molecule has 0 amide bonds. The molecular weight excluding hydrogens is 164 g/mol. The molecule has 0 saturated carbocycles. The van der Waals surface area contributed by atoms with Crippen molar-refractivity contribution in [1.82, 2.24) is 0 Å². The van der Waals surface area contributed by atoms with Gasteiger partial charge in [0, 0.05) is 0 Å². The quantitative estimate of drug-likeness (QED) is 0.677. The molecule has 0 aliphatic carbocycles. The van der Waals surface area contributed by atoms with E-state index in [4.69, 9.17) is 0 Å². The second kappa shape index (κ2) is 4.43. The van der Waals surface area contributed by atoms with E-state index in [1.54, 1.807) is 0 Å². The van der Waals surface area contributed by atoms with Crippen LogP contribution in [0.3, 0.4) is 0 Å². The summed E-state index contributed by atoms with van der Waals surface area (Å²) in [4.78, 5) is 0. The third kappa shape index (κ3) is 2.46. The average Bonchev–Trinajstić information content (AvgIpc) is 2.09. The lowest BCUT2D eigenvalue weighted by atomic mass is 10.1. The molecule has 1 aromatic carbocycles. The molecule has 0 aromatic heterocycles. The summed E-state index contributed by atoms with van der Waals surface area (Å²) in [5, 5.41) is 10.5. The summed E-state index contributed by atoms with van der Waals surface area (Å²) in [5.74, 6) is 0. The Balaban J connectivity index is 2.69. The SMILES string of the molecule is CCC(O)Cc1ccccc1[Si]. The fourth-order valence-corrected chi connectivity index (χ4v) is 1.38. The zero-order valence-electron chi connectivity index (χ0n) is 7.25. The van der Waals surface area contributed by atoms with E-state index in [-0.39, 0.29) is 6.10 Å². The minimum Gasteiger partial charge on any atom is -0.393 e. The van der Waals surface area contributed by atoms with Crippen LogP contribution < -0.4 is 5.19 Å². The second-order valence-corrected chi connectivity index (χ2v) is 3.46. The number of rotatable bonds is 3. The third-order valence-corrected chi connectivity index (χ3v) is 2.43. The van der Waals surface area contributed by atoms with Crippen LogP contribution in [-0.2, 0) is 6.42 Å². The molecule has 12 heavy (non-hydrogen) atoms. The molecule has 1 atom stereocenters. The summed E-state index contributed by atoms with van der Waals surface area (Å²) in [6, 6.07) is 7.99. The van der Waals surface area contributed by atoms with Gasteiger partial charge in [-0.3, -0.25) is 0 Å². The molecule has 0 fully saturated rings. The molecule has 0 heterocycles. The van der Waals surface area contributed by atoms with Crippen molar-refractivity contribution in [1.29, 1.82) is 0 Å². The van der Waals surface area contributed by atoms with Crippen molar-refractivity contribution in [2.75, 3.05) is 0 Å². The van der Waals surface area contributed by atoms with E-state index in [1.165, 1.54) is 5.56 Å². The molecule has 2 heteroatoms. The number of hydrogen-bond donors (Lipinski definition) is 1.